The lowest BCUT2D eigenvalue weighted by Crippen LogP contribution is -2.05. The van der Waals surface area contributed by atoms with E-state index in [1.807, 2.05) is 89.5 Å². The normalized spacial score (nSPS) is 10.9. The van der Waals surface area contributed by atoms with Crippen LogP contribution in [0.5, 0.6) is 0 Å². The van der Waals surface area contributed by atoms with Crippen LogP contribution in [0.4, 0.5) is 0 Å². The van der Waals surface area contributed by atoms with E-state index in [0.717, 1.165) is 16.8 Å². The van der Waals surface area contributed by atoms with E-state index < -0.39 is 0 Å². The van der Waals surface area contributed by atoms with Gasteiger partial charge in [0.05, 0.1) is 12.0 Å². The quantitative estimate of drug-likeness (QED) is 0.225. The smallest absolute Gasteiger partial charge is 0.205 e. The summed E-state index contributed by atoms with van der Waals surface area (Å²) in [5.41, 5.74) is 3.80. The Bertz CT molecular complexity index is 1310. The Hall–Kier alpha value is -3.90. The summed E-state index contributed by atoms with van der Waals surface area (Å²) in [6.07, 6.45) is 1.61. The molecule has 0 fully saturated rings. The fraction of sp³-hybridized carbons (Fsp3) is 0.0385. The number of Topliss-reactive ketones (excluding diaryl/α,β-unsaturated/α-hetero) is 1. The summed E-state index contributed by atoms with van der Waals surface area (Å²) in [6.45, 7) is 0. The molecule has 32 heavy (non-hydrogen) atoms. The minimum atomic E-state index is 0.0387. The highest BCUT2D eigenvalue weighted by Crippen LogP contribution is 2.29. The maximum atomic E-state index is 12.9. The Labute approximate surface area is 189 Å². The van der Waals surface area contributed by atoms with E-state index in [0.29, 0.717) is 22.3 Å². The van der Waals surface area contributed by atoms with Gasteiger partial charge in [-0.15, -0.1) is 10.2 Å². The molecule has 156 valence electrons. The van der Waals surface area contributed by atoms with Gasteiger partial charge in [-0.05, 0) is 35.4 Å². The second-order valence-electron chi connectivity index (χ2n) is 7.11. The first-order valence-corrected chi connectivity index (χ1v) is 11.1. The van der Waals surface area contributed by atoms with Crippen LogP contribution >= 0.6 is 11.8 Å². The molecule has 5 rings (SSSR count). The molecule has 5 nitrogen and oxygen atoms in total. The molecule has 0 aliphatic heterocycles. The van der Waals surface area contributed by atoms with Crippen LogP contribution in [0.2, 0.25) is 0 Å². The topological polar surface area (TPSA) is 60.9 Å². The van der Waals surface area contributed by atoms with Crippen LogP contribution in [-0.2, 0) is 0 Å². The number of aromatic nitrogens is 3. The number of hydrogen-bond donors (Lipinski definition) is 0. The fourth-order valence-electron chi connectivity index (χ4n) is 3.43. The summed E-state index contributed by atoms with van der Waals surface area (Å²) in [4.78, 5) is 12.9. The second-order valence-corrected chi connectivity index (χ2v) is 8.05. The Balaban J connectivity index is 1.36. The number of thioether (sulfide) groups is 1. The van der Waals surface area contributed by atoms with Gasteiger partial charge in [-0.3, -0.25) is 9.36 Å². The first-order valence-electron chi connectivity index (χ1n) is 10.2. The number of rotatable bonds is 7. The number of nitrogens with zero attached hydrogens (tertiary/aromatic N) is 3. The molecule has 2 aromatic heterocycles. The zero-order valence-corrected chi connectivity index (χ0v) is 17.9. The number of hydrogen-bond acceptors (Lipinski definition) is 5. The van der Waals surface area contributed by atoms with Crippen molar-refractivity contribution in [1.29, 1.82) is 0 Å². The molecule has 0 saturated carbocycles. The fourth-order valence-corrected chi connectivity index (χ4v) is 4.28. The molecule has 3 aromatic carbocycles. The number of para-hydroxylation sites is 1. The van der Waals surface area contributed by atoms with E-state index in [9.17, 15) is 4.79 Å². The van der Waals surface area contributed by atoms with Crippen molar-refractivity contribution in [3.63, 3.8) is 0 Å². The van der Waals surface area contributed by atoms with Crippen LogP contribution < -0.4 is 0 Å². The third-order valence-corrected chi connectivity index (χ3v) is 5.96. The highest BCUT2D eigenvalue weighted by molar-refractivity contribution is 7.99. The molecule has 0 radical (unpaired) electrons. The van der Waals surface area contributed by atoms with Crippen molar-refractivity contribution in [3.8, 4) is 28.4 Å². The molecule has 0 aliphatic rings. The van der Waals surface area contributed by atoms with Gasteiger partial charge in [-0.25, -0.2) is 0 Å². The van der Waals surface area contributed by atoms with Crippen molar-refractivity contribution in [1.82, 2.24) is 14.8 Å². The van der Waals surface area contributed by atoms with Gasteiger partial charge < -0.3 is 4.42 Å². The molecule has 6 heteroatoms. The maximum Gasteiger partial charge on any atom is 0.205 e. The summed E-state index contributed by atoms with van der Waals surface area (Å²) < 4.78 is 7.45. The summed E-state index contributed by atoms with van der Waals surface area (Å²) >= 11 is 1.36. The van der Waals surface area contributed by atoms with E-state index in [2.05, 4.69) is 22.3 Å². The number of furan rings is 1. The first-order chi connectivity index (χ1) is 15.8. The molecule has 0 unspecified atom stereocenters. The Morgan fingerprint density at radius 1 is 0.781 bits per heavy atom. The van der Waals surface area contributed by atoms with Gasteiger partial charge in [0.1, 0.15) is 0 Å². The van der Waals surface area contributed by atoms with Gasteiger partial charge in [0.2, 0.25) is 5.82 Å². The van der Waals surface area contributed by atoms with E-state index >= 15 is 0 Å². The molecule has 0 spiro atoms. The average Bonchev–Trinajstić information content (AvgIpc) is 3.54. The molecule has 0 N–H and O–H groups in total. The highest BCUT2D eigenvalue weighted by Gasteiger charge is 2.19. The number of carbonyl (C=O) groups is 1. The van der Waals surface area contributed by atoms with Gasteiger partial charge in [0.15, 0.2) is 16.7 Å². The predicted molar refractivity (Wildman–Crippen MR) is 126 cm³/mol. The van der Waals surface area contributed by atoms with Crippen molar-refractivity contribution in [2.75, 3.05) is 5.75 Å². The minimum absolute atomic E-state index is 0.0387. The van der Waals surface area contributed by atoms with Gasteiger partial charge in [-0.1, -0.05) is 84.6 Å². The third-order valence-electron chi connectivity index (χ3n) is 5.04. The summed E-state index contributed by atoms with van der Waals surface area (Å²) in [6, 6.07) is 31.3. The van der Waals surface area contributed by atoms with Crippen molar-refractivity contribution >= 4 is 17.5 Å². The minimum Gasteiger partial charge on any atom is -0.461 e. The lowest BCUT2D eigenvalue weighted by Gasteiger charge is -2.09. The number of ketones is 1. The Morgan fingerprint density at radius 2 is 1.47 bits per heavy atom. The van der Waals surface area contributed by atoms with Crippen molar-refractivity contribution in [2.45, 2.75) is 5.16 Å². The van der Waals surface area contributed by atoms with Gasteiger partial charge in [0, 0.05) is 11.3 Å². The lowest BCUT2D eigenvalue weighted by molar-refractivity contribution is 0.102. The largest absolute Gasteiger partial charge is 0.461 e. The second kappa shape index (κ2) is 9.08. The SMILES string of the molecule is O=C(CSc1nnc(-c2ccco2)n1-c1ccccc1)c1ccc(-c2ccccc2)cc1. The van der Waals surface area contributed by atoms with E-state index in [1.54, 1.807) is 6.26 Å². The van der Waals surface area contributed by atoms with Crippen LogP contribution in [0.3, 0.4) is 0 Å². The van der Waals surface area contributed by atoms with Crippen molar-refractivity contribution in [3.05, 3.63) is 109 Å². The van der Waals surface area contributed by atoms with E-state index in [1.165, 1.54) is 11.8 Å². The summed E-state index contributed by atoms with van der Waals surface area (Å²) in [7, 11) is 0. The zero-order chi connectivity index (χ0) is 21.8. The molecule has 0 bridgehead atoms. The summed E-state index contributed by atoms with van der Waals surface area (Å²) in [5, 5.41) is 9.29. The molecular weight excluding hydrogens is 418 g/mol. The van der Waals surface area contributed by atoms with Crippen LogP contribution in [0.25, 0.3) is 28.4 Å². The van der Waals surface area contributed by atoms with Crippen LogP contribution in [0, 0.1) is 0 Å². The Kier molecular flexibility index (Phi) is 5.68. The molecule has 0 amide bonds. The highest BCUT2D eigenvalue weighted by atomic mass is 32.2. The number of benzene rings is 3. The molecule has 5 aromatic rings. The average molecular weight is 438 g/mol. The maximum absolute atomic E-state index is 12.9. The zero-order valence-electron chi connectivity index (χ0n) is 17.1. The third kappa shape index (κ3) is 4.13. The number of carbonyl (C=O) groups excluding carboxylic acids is 1. The van der Waals surface area contributed by atoms with Crippen LogP contribution in [0.15, 0.2) is 113 Å². The lowest BCUT2D eigenvalue weighted by atomic mass is 10.0. The molecule has 0 aliphatic carbocycles. The van der Waals surface area contributed by atoms with Gasteiger partial charge in [-0.2, -0.15) is 0 Å². The molecular formula is C26H19N3O2S. The van der Waals surface area contributed by atoms with Crippen LogP contribution in [-0.4, -0.2) is 26.3 Å². The van der Waals surface area contributed by atoms with Gasteiger partial charge in [0.25, 0.3) is 0 Å². The summed E-state index contributed by atoms with van der Waals surface area (Å²) in [5.74, 6) is 1.52. The predicted octanol–water partition coefficient (Wildman–Crippen LogP) is 6.17. The first kappa shape index (κ1) is 20.0. The molecule has 0 saturated heterocycles. The van der Waals surface area contributed by atoms with Gasteiger partial charge >= 0.3 is 0 Å². The Morgan fingerprint density at radius 3 is 2.16 bits per heavy atom. The van der Waals surface area contributed by atoms with Crippen molar-refractivity contribution < 1.29 is 9.21 Å². The van der Waals surface area contributed by atoms with Crippen LogP contribution in [0.1, 0.15) is 10.4 Å². The van der Waals surface area contributed by atoms with E-state index in [4.69, 9.17) is 4.42 Å². The van der Waals surface area contributed by atoms with Crippen molar-refractivity contribution in [2.24, 2.45) is 0 Å². The standard InChI is InChI=1S/C26H19N3O2S/c30-23(21-15-13-20(14-16-21)19-8-3-1-4-9-19)18-32-26-28-27-25(24-12-7-17-31-24)29(26)22-10-5-2-6-11-22/h1-17H,18H2. The molecule has 2 heterocycles. The van der Waals surface area contributed by atoms with E-state index in [-0.39, 0.29) is 11.5 Å². The monoisotopic (exact) mass is 437 g/mol. The molecule has 0 atom stereocenters.